The number of hydrogen-bond donors (Lipinski definition) is 2. The molecule has 1 rings (SSSR count). The van der Waals surface area contributed by atoms with Crippen LogP contribution in [0.4, 0.5) is 0 Å². The van der Waals surface area contributed by atoms with Gasteiger partial charge in [0.2, 0.25) is 0 Å². The van der Waals surface area contributed by atoms with Gasteiger partial charge in [0.25, 0.3) is 0 Å². The number of hydrogen-bond acceptors (Lipinski definition) is 5. The molecule has 0 bridgehead atoms. The lowest BCUT2D eigenvalue weighted by molar-refractivity contribution is -0.0997. The van der Waals surface area contributed by atoms with E-state index in [-0.39, 0.29) is 18.1 Å². The molecule has 0 spiro atoms. The lowest BCUT2D eigenvalue weighted by Crippen LogP contribution is -2.31. The predicted octanol–water partition coefficient (Wildman–Crippen LogP) is 1.67. The van der Waals surface area contributed by atoms with Crippen LogP contribution in [0.15, 0.2) is 18.2 Å². The van der Waals surface area contributed by atoms with Crippen LogP contribution in [0.1, 0.15) is 18.5 Å². The van der Waals surface area contributed by atoms with Crippen LogP contribution in [0.25, 0.3) is 0 Å². The SMILES string of the molecule is COc1ccc(C(C)NCC(OC)OC)cc1O. The van der Waals surface area contributed by atoms with Gasteiger partial charge >= 0.3 is 0 Å². The Kier molecular flexibility index (Phi) is 5.91. The predicted molar refractivity (Wildman–Crippen MR) is 68.9 cm³/mol. The third-order valence-corrected chi connectivity index (χ3v) is 2.82. The van der Waals surface area contributed by atoms with Crippen molar-refractivity contribution in [1.29, 1.82) is 0 Å². The van der Waals surface area contributed by atoms with Crippen LogP contribution < -0.4 is 10.1 Å². The molecule has 5 heteroatoms. The van der Waals surface area contributed by atoms with Crippen LogP contribution in [-0.4, -0.2) is 39.3 Å². The quantitative estimate of drug-likeness (QED) is 0.726. The monoisotopic (exact) mass is 255 g/mol. The summed E-state index contributed by atoms with van der Waals surface area (Å²) in [7, 11) is 4.72. The molecular formula is C13H21NO4. The van der Waals surface area contributed by atoms with Crippen molar-refractivity contribution in [1.82, 2.24) is 5.32 Å². The fourth-order valence-corrected chi connectivity index (χ4v) is 1.63. The van der Waals surface area contributed by atoms with Crippen LogP contribution in [0.2, 0.25) is 0 Å². The first kappa shape index (κ1) is 14.8. The van der Waals surface area contributed by atoms with E-state index in [1.165, 1.54) is 7.11 Å². The minimum absolute atomic E-state index is 0.0783. The Labute approximate surface area is 108 Å². The minimum atomic E-state index is -0.278. The standard InChI is InChI=1S/C13H21NO4/c1-9(14-8-13(17-3)18-4)10-5-6-12(16-2)11(15)7-10/h5-7,9,13-15H,8H2,1-4H3. The summed E-state index contributed by atoms with van der Waals surface area (Å²) < 4.78 is 15.2. The number of phenolic OH excluding ortho intramolecular Hbond substituents is 1. The fraction of sp³-hybridized carbons (Fsp3) is 0.538. The van der Waals surface area contributed by atoms with E-state index in [1.54, 1.807) is 26.4 Å². The maximum absolute atomic E-state index is 9.71. The summed E-state index contributed by atoms with van der Waals surface area (Å²) in [6.45, 7) is 2.57. The number of phenols is 1. The van der Waals surface area contributed by atoms with Gasteiger partial charge in [-0.3, -0.25) is 0 Å². The molecule has 0 aliphatic carbocycles. The number of rotatable bonds is 7. The van der Waals surface area contributed by atoms with Gasteiger partial charge in [0.05, 0.1) is 7.11 Å². The van der Waals surface area contributed by atoms with Crippen molar-refractivity contribution in [2.75, 3.05) is 27.9 Å². The molecule has 1 unspecified atom stereocenters. The highest BCUT2D eigenvalue weighted by Gasteiger charge is 2.11. The first-order valence-electron chi connectivity index (χ1n) is 5.78. The number of methoxy groups -OCH3 is 3. The van der Waals surface area contributed by atoms with E-state index in [1.807, 2.05) is 13.0 Å². The summed E-state index contributed by atoms with van der Waals surface area (Å²) in [5.41, 5.74) is 0.972. The molecule has 1 atom stereocenters. The van der Waals surface area contributed by atoms with Gasteiger partial charge in [-0.1, -0.05) is 6.07 Å². The molecule has 1 aromatic carbocycles. The molecule has 0 fully saturated rings. The van der Waals surface area contributed by atoms with Crippen molar-refractivity contribution < 1.29 is 19.3 Å². The average Bonchev–Trinajstić information content (AvgIpc) is 2.39. The Morgan fingerprint density at radius 1 is 1.22 bits per heavy atom. The molecule has 5 nitrogen and oxygen atoms in total. The molecular weight excluding hydrogens is 234 g/mol. The minimum Gasteiger partial charge on any atom is -0.504 e. The van der Waals surface area contributed by atoms with Crippen LogP contribution in [-0.2, 0) is 9.47 Å². The fourth-order valence-electron chi connectivity index (χ4n) is 1.63. The third-order valence-electron chi connectivity index (χ3n) is 2.82. The van der Waals surface area contributed by atoms with E-state index in [2.05, 4.69) is 5.32 Å². The average molecular weight is 255 g/mol. The molecule has 0 saturated heterocycles. The van der Waals surface area contributed by atoms with Gasteiger partial charge in [0, 0.05) is 26.8 Å². The topological polar surface area (TPSA) is 60.0 Å². The first-order valence-corrected chi connectivity index (χ1v) is 5.78. The summed E-state index contributed by atoms with van der Waals surface area (Å²) >= 11 is 0. The zero-order chi connectivity index (χ0) is 13.5. The molecule has 0 amide bonds. The first-order chi connectivity index (χ1) is 8.62. The van der Waals surface area contributed by atoms with E-state index < -0.39 is 0 Å². The Morgan fingerprint density at radius 3 is 2.39 bits per heavy atom. The van der Waals surface area contributed by atoms with Crippen molar-refractivity contribution in [2.24, 2.45) is 0 Å². The number of benzene rings is 1. The summed E-state index contributed by atoms with van der Waals surface area (Å²) in [5.74, 6) is 0.608. The van der Waals surface area contributed by atoms with E-state index in [4.69, 9.17) is 14.2 Å². The Balaban J connectivity index is 2.61. The van der Waals surface area contributed by atoms with Crippen molar-refractivity contribution in [2.45, 2.75) is 19.3 Å². The highest BCUT2D eigenvalue weighted by Crippen LogP contribution is 2.28. The lowest BCUT2D eigenvalue weighted by atomic mass is 10.1. The summed E-state index contributed by atoms with van der Waals surface area (Å²) in [4.78, 5) is 0. The number of nitrogens with one attached hydrogen (secondary N) is 1. The van der Waals surface area contributed by atoms with Gasteiger partial charge in [0.15, 0.2) is 17.8 Å². The van der Waals surface area contributed by atoms with Crippen LogP contribution in [0.3, 0.4) is 0 Å². The second kappa shape index (κ2) is 7.20. The normalized spacial score (nSPS) is 12.7. The van der Waals surface area contributed by atoms with E-state index in [0.717, 1.165) is 5.56 Å². The van der Waals surface area contributed by atoms with Crippen molar-refractivity contribution in [3.8, 4) is 11.5 Å². The molecule has 2 N–H and O–H groups in total. The largest absolute Gasteiger partial charge is 0.504 e. The molecule has 0 aliphatic rings. The van der Waals surface area contributed by atoms with Crippen LogP contribution in [0.5, 0.6) is 11.5 Å². The second-order valence-corrected chi connectivity index (χ2v) is 3.96. The van der Waals surface area contributed by atoms with Gasteiger partial charge in [-0.25, -0.2) is 0 Å². The maximum Gasteiger partial charge on any atom is 0.169 e. The van der Waals surface area contributed by atoms with Crippen LogP contribution >= 0.6 is 0 Å². The summed E-state index contributed by atoms with van der Waals surface area (Å²) in [5, 5.41) is 13.0. The molecule has 0 saturated carbocycles. The van der Waals surface area contributed by atoms with Gasteiger partial charge in [-0.15, -0.1) is 0 Å². The van der Waals surface area contributed by atoms with Gasteiger partial charge in [-0.2, -0.15) is 0 Å². The number of ether oxygens (including phenoxy) is 3. The lowest BCUT2D eigenvalue weighted by Gasteiger charge is -2.19. The zero-order valence-corrected chi connectivity index (χ0v) is 11.3. The summed E-state index contributed by atoms with van der Waals surface area (Å²) in [6, 6.07) is 5.41. The smallest absolute Gasteiger partial charge is 0.169 e. The van der Waals surface area contributed by atoms with Crippen molar-refractivity contribution in [3.05, 3.63) is 23.8 Å². The highest BCUT2D eigenvalue weighted by atomic mass is 16.7. The van der Waals surface area contributed by atoms with E-state index in [9.17, 15) is 5.11 Å². The van der Waals surface area contributed by atoms with Gasteiger partial charge < -0.3 is 24.6 Å². The Bertz CT molecular complexity index is 366. The third kappa shape index (κ3) is 3.87. The van der Waals surface area contributed by atoms with Crippen molar-refractivity contribution >= 4 is 0 Å². The van der Waals surface area contributed by atoms with Gasteiger partial charge in [0.1, 0.15) is 0 Å². The van der Waals surface area contributed by atoms with Gasteiger partial charge in [-0.05, 0) is 24.6 Å². The molecule has 0 aliphatic heterocycles. The van der Waals surface area contributed by atoms with Crippen LogP contribution in [0, 0.1) is 0 Å². The Hall–Kier alpha value is -1.30. The van der Waals surface area contributed by atoms with E-state index >= 15 is 0 Å². The molecule has 0 aromatic heterocycles. The molecule has 0 heterocycles. The molecule has 1 aromatic rings. The highest BCUT2D eigenvalue weighted by molar-refractivity contribution is 5.42. The maximum atomic E-state index is 9.71. The van der Waals surface area contributed by atoms with Crippen molar-refractivity contribution in [3.63, 3.8) is 0 Å². The summed E-state index contributed by atoms with van der Waals surface area (Å²) in [6.07, 6.45) is -0.278. The molecule has 18 heavy (non-hydrogen) atoms. The van der Waals surface area contributed by atoms with E-state index in [0.29, 0.717) is 12.3 Å². The second-order valence-electron chi connectivity index (χ2n) is 3.96. The molecule has 0 radical (unpaired) electrons. The molecule has 102 valence electrons. The Morgan fingerprint density at radius 2 is 1.89 bits per heavy atom. The number of aromatic hydroxyl groups is 1. The zero-order valence-electron chi connectivity index (χ0n) is 11.3.